The van der Waals surface area contributed by atoms with Crippen LogP contribution in [0.15, 0.2) is 0 Å². The van der Waals surface area contributed by atoms with E-state index in [-0.39, 0.29) is 159 Å². The van der Waals surface area contributed by atoms with Gasteiger partial charge in [-0.1, -0.05) is 62.3 Å². The monoisotopic (exact) mass is 1240 g/mol. The fourth-order valence-corrected chi connectivity index (χ4v) is 25.8. The van der Waals surface area contributed by atoms with Crippen molar-refractivity contribution >= 4 is 41.2 Å². The molecule has 0 spiro atoms. The van der Waals surface area contributed by atoms with Crippen LogP contribution < -0.4 is 5.32 Å². The Kier molecular flexibility index (Phi) is 19.1. The summed E-state index contributed by atoms with van der Waals surface area (Å²) in [6.45, 7) is 19.7. The smallest absolute Gasteiger partial charge is 0.333 e. The first-order valence-corrected chi connectivity index (χ1v) is 36.1. The van der Waals surface area contributed by atoms with Gasteiger partial charge in [0.1, 0.15) is 23.9 Å². The van der Waals surface area contributed by atoms with E-state index in [1.54, 1.807) is 0 Å². The van der Waals surface area contributed by atoms with Crippen LogP contribution in [0, 0.1) is 139 Å². The molecule has 0 aromatic heterocycles. The van der Waals surface area contributed by atoms with Crippen molar-refractivity contribution in [3.8, 4) is 0 Å². The largest absolute Gasteiger partial charge is 0.481 e. The number of hydrogen-bond acceptors (Lipinski definition) is 13. The van der Waals surface area contributed by atoms with Gasteiger partial charge in [-0.3, -0.25) is 28.8 Å². The second-order valence-electron chi connectivity index (χ2n) is 34.5. The average molecular weight is 1240 g/mol. The Balaban J connectivity index is 0.000000242. The normalized spacial score (nSPS) is 48.8. The van der Waals surface area contributed by atoms with Gasteiger partial charge >= 0.3 is 17.9 Å². The molecule has 89 heavy (non-hydrogen) atoms. The fourth-order valence-electron chi connectivity index (χ4n) is 25.8. The number of ketones is 3. The molecule has 15 nitrogen and oxygen atoms in total. The van der Waals surface area contributed by atoms with E-state index in [9.17, 15) is 59.1 Å². The van der Waals surface area contributed by atoms with Crippen molar-refractivity contribution in [2.24, 2.45) is 139 Å². The third-order valence-corrected chi connectivity index (χ3v) is 30.9. The van der Waals surface area contributed by atoms with E-state index in [1.807, 2.05) is 6.92 Å². The summed E-state index contributed by atoms with van der Waals surface area (Å²) in [5, 5.41) is 67.1. The highest BCUT2D eigenvalue weighted by Gasteiger charge is 2.69. The SMILES string of the molecule is C[C@H](CCC(=O)O)[C@H]1CCC2C3C(CC[C@@]21C)[C@@]1(C)CC[C@H](O)CC1C[C@@H]3O.C[C@H](CCC(=O)OC(=O)CNC(=O)CC[C@@H](C)[C@H]1CCC2C3C(C[C@H](O)[C@@]21C)[C@@]1(C)CC[C@@H](O)CC1C[C@H]3O)[C@H]1CC[C@H]2[C@@H]3C(=O)CC4CC(=O)CC[C@]4(C)[C@H]3CC(=O)[C@]12C. The van der Waals surface area contributed by atoms with Gasteiger partial charge in [0, 0.05) is 56.3 Å². The molecular weight excluding hydrogens is 1130 g/mol. The molecule has 15 heteroatoms. The molecule has 12 rings (SSSR count). The Morgan fingerprint density at radius 1 is 0.517 bits per heavy atom. The lowest BCUT2D eigenvalue weighted by atomic mass is 9.43. The lowest BCUT2D eigenvalue weighted by molar-refractivity contribution is -0.207. The number of rotatable bonds is 14. The van der Waals surface area contributed by atoms with Crippen LogP contribution >= 0.6 is 0 Å². The maximum absolute atomic E-state index is 14.1. The highest BCUT2D eigenvalue weighted by Crippen LogP contribution is 2.71. The molecule has 0 aromatic rings. The summed E-state index contributed by atoms with van der Waals surface area (Å²) < 4.78 is 5.12. The molecular formula is C74H115NO14. The Morgan fingerprint density at radius 3 is 1.71 bits per heavy atom. The van der Waals surface area contributed by atoms with Gasteiger partial charge in [-0.15, -0.1) is 0 Å². The zero-order valence-electron chi connectivity index (χ0n) is 55.7. The first-order valence-electron chi connectivity index (χ1n) is 36.1. The molecule has 0 heterocycles. The van der Waals surface area contributed by atoms with Gasteiger partial charge in [-0.2, -0.15) is 0 Å². The maximum Gasteiger partial charge on any atom is 0.333 e. The van der Waals surface area contributed by atoms with Crippen LogP contribution in [0.25, 0.3) is 0 Å². The number of aliphatic hydroxyl groups is 5. The molecule has 12 fully saturated rings. The molecule has 1 amide bonds. The predicted octanol–water partition coefficient (Wildman–Crippen LogP) is 11.0. The van der Waals surface area contributed by atoms with Gasteiger partial charge in [0.15, 0.2) is 0 Å². The zero-order chi connectivity index (χ0) is 64.2. The van der Waals surface area contributed by atoms with Crippen molar-refractivity contribution in [2.45, 2.75) is 273 Å². The highest BCUT2D eigenvalue weighted by atomic mass is 16.6. The minimum atomic E-state index is -0.812. The Hall–Kier alpha value is -3.11. The van der Waals surface area contributed by atoms with Crippen LogP contribution in [0.2, 0.25) is 0 Å². The van der Waals surface area contributed by atoms with Crippen LogP contribution in [0.3, 0.4) is 0 Å². The highest BCUT2D eigenvalue weighted by molar-refractivity contribution is 5.93. The molecule has 0 saturated heterocycles. The number of Topliss-reactive ketones (excluding diaryl/α,β-unsaturated/α-hetero) is 3. The van der Waals surface area contributed by atoms with Gasteiger partial charge in [-0.25, -0.2) is 4.79 Å². The van der Waals surface area contributed by atoms with Gasteiger partial charge in [0.05, 0.1) is 30.5 Å². The molecule has 12 aliphatic rings. The van der Waals surface area contributed by atoms with Crippen molar-refractivity contribution < 1.29 is 68.9 Å². The lowest BCUT2D eigenvalue weighted by Gasteiger charge is -2.63. The minimum Gasteiger partial charge on any atom is -0.481 e. The summed E-state index contributed by atoms with van der Waals surface area (Å²) in [6, 6.07) is 0. The second-order valence-corrected chi connectivity index (χ2v) is 34.5. The van der Waals surface area contributed by atoms with Crippen molar-refractivity contribution in [3.05, 3.63) is 0 Å². The van der Waals surface area contributed by atoms with Crippen molar-refractivity contribution in [2.75, 3.05) is 6.54 Å². The third kappa shape index (κ3) is 11.6. The van der Waals surface area contributed by atoms with Crippen LogP contribution in [0.1, 0.15) is 242 Å². The van der Waals surface area contributed by atoms with Gasteiger partial charge < -0.3 is 40.7 Å². The first kappa shape index (κ1) is 67.3. The quantitative estimate of drug-likeness (QED) is 0.0630. The van der Waals surface area contributed by atoms with Gasteiger partial charge in [0.2, 0.25) is 5.91 Å². The van der Waals surface area contributed by atoms with E-state index < -0.39 is 42.1 Å². The number of carbonyl (C=O) groups excluding carboxylic acids is 6. The maximum atomic E-state index is 14.1. The summed E-state index contributed by atoms with van der Waals surface area (Å²) >= 11 is 0. The van der Waals surface area contributed by atoms with Gasteiger partial charge in [0.25, 0.3) is 0 Å². The standard InChI is InChI=1S/C50H75NO10.C24H40O4/c1-26(32-9-11-34-45-36(23-40(56)49(32,34)5)47(3)17-15-30(52)19-28(47)21-38(45)54)7-13-42(58)51-25-44(60)61-43(59)14-8-27(2)33-10-12-35-46-37(24-41(57)50(33,35)6)48(4)18-16-31(53)20-29(48)22-39(46)55;1-14(4-7-21(27)28)17-5-6-18-22-19(9-11-24(17,18)3)23(2)10-8-16(25)12-15(23)13-20(22)26/h26-30,32-38,40,45-46,52,54,56H,7-25H2,1-6H3,(H,51,58);14-20,22,25-26H,4-13H2,1-3H3,(H,27,28)/t26-,27-,28?,29?,30-,32-,33-,34?,35+,36?,37+,38-,40+,45?,46+,47+,48+,49-,50-;14-,15?,16+,17-,18?,19?,20+,22?,23+,24-/m11/s1. The summed E-state index contributed by atoms with van der Waals surface area (Å²) in [6.07, 6.45) is 19.0. The first-order chi connectivity index (χ1) is 41.9. The summed E-state index contributed by atoms with van der Waals surface area (Å²) in [7, 11) is 0. The Bertz CT molecular complexity index is 2700. The Labute approximate surface area is 531 Å². The molecule has 29 atom stereocenters. The molecule has 9 unspecified atom stereocenters. The van der Waals surface area contributed by atoms with Crippen molar-refractivity contribution in [1.82, 2.24) is 5.32 Å². The predicted molar refractivity (Wildman–Crippen MR) is 335 cm³/mol. The number of amides is 1. The van der Waals surface area contributed by atoms with Gasteiger partial charge in [-0.05, 0) is 263 Å². The van der Waals surface area contributed by atoms with E-state index >= 15 is 0 Å². The number of esters is 2. The van der Waals surface area contributed by atoms with Crippen LogP contribution in [0.5, 0.6) is 0 Å². The topological polar surface area (TPSA) is 262 Å². The minimum absolute atomic E-state index is 0.00186. The van der Waals surface area contributed by atoms with E-state index in [4.69, 9.17) is 9.84 Å². The molecule has 0 bridgehead atoms. The number of hydrogen-bond donors (Lipinski definition) is 7. The summed E-state index contributed by atoms with van der Waals surface area (Å²) in [4.78, 5) is 89.8. The number of nitrogens with one attached hydrogen (secondary N) is 1. The fraction of sp³-hybridized carbons (Fsp3) is 0.905. The molecule has 0 aromatic carbocycles. The number of aliphatic carboxylic acids is 1. The van der Waals surface area contributed by atoms with E-state index in [2.05, 4.69) is 60.7 Å². The van der Waals surface area contributed by atoms with Crippen molar-refractivity contribution in [3.63, 3.8) is 0 Å². The average Bonchev–Trinajstić information content (AvgIpc) is 1.72. The van der Waals surface area contributed by atoms with E-state index in [1.165, 1.54) is 25.7 Å². The molecule has 12 aliphatic carbocycles. The zero-order valence-corrected chi connectivity index (χ0v) is 55.7. The van der Waals surface area contributed by atoms with Crippen LogP contribution in [0.4, 0.5) is 0 Å². The molecule has 12 saturated carbocycles. The number of carboxylic acid groups (broad SMARTS) is 1. The van der Waals surface area contributed by atoms with E-state index in [0.29, 0.717) is 86.9 Å². The number of aliphatic hydroxyl groups excluding tert-OH is 5. The number of carboxylic acids is 1. The van der Waals surface area contributed by atoms with Crippen LogP contribution in [-0.2, 0) is 38.3 Å². The third-order valence-electron chi connectivity index (χ3n) is 30.9. The molecule has 0 aliphatic heterocycles. The Morgan fingerprint density at radius 2 is 1.04 bits per heavy atom. The number of fused-ring (bicyclic) bond motifs is 15. The number of ether oxygens (including phenoxy) is 1. The van der Waals surface area contributed by atoms with Crippen LogP contribution in [-0.4, -0.2) is 109 Å². The second kappa shape index (κ2) is 25.2. The molecule has 0 radical (unpaired) electrons. The number of carbonyl (C=O) groups is 7. The molecule has 7 N–H and O–H groups in total. The lowest BCUT2D eigenvalue weighted by Crippen LogP contribution is -2.62. The van der Waals surface area contributed by atoms with Crippen molar-refractivity contribution in [1.29, 1.82) is 0 Å². The summed E-state index contributed by atoms with van der Waals surface area (Å²) in [5.74, 6) is 2.23. The molecule has 500 valence electrons. The summed E-state index contributed by atoms with van der Waals surface area (Å²) in [5.41, 5.74) is -0.648. The van der Waals surface area contributed by atoms with E-state index in [0.717, 1.165) is 83.5 Å².